The van der Waals surface area contributed by atoms with Crippen LogP contribution in [0.3, 0.4) is 0 Å². The molecule has 0 saturated heterocycles. The van der Waals surface area contributed by atoms with Gasteiger partial charge in [-0.1, -0.05) is 152 Å². The summed E-state index contributed by atoms with van der Waals surface area (Å²) in [6.45, 7) is 0. The van der Waals surface area contributed by atoms with E-state index in [-0.39, 0.29) is 0 Å². The molecule has 3 heteroatoms. The van der Waals surface area contributed by atoms with Crippen molar-refractivity contribution in [2.45, 2.75) is 5.41 Å². The van der Waals surface area contributed by atoms with Crippen LogP contribution in [0, 0.1) is 0 Å². The third kappa shape index (κ3) is 5.03. The summed E-state index contributed by atoms with van der Waals surface area (Å²) in [6.07, 6.45) is 0. The maximum Gasteiger partial charge on any atom is 0.0727 e. The van der Waals surface area contributed by atoms with Crippen LogP contribution in [0.5, 0.6) is 0 Å². The van der Waals surface area contributed by atoms with Crippen LogP contribution in [-0.4, -0.2) is 0 Å². The predicted molar refractivity (Wildman–Crippen MR) is 263 cm³/mol. The van der Waals surface area contributed by atoms with E-state index in [4.69, 9.17) is 0 Å². The van der Waals surface area contributed by atoms with Crippen LogP contribution in [0.1, 0.15) is 22.3 Å². The van der Waals surface area contributed by atoms with Crippen LogP contribution in [0.2, 0.25) is 0 Å². The van der Waals surface area contributed by atoms with Crippen LogP contribution in [0.15, 0.2) is 231 Å². The normalized spacial score (nSPS) is 14.5. The van der Waals surface area contributed by atoms with Crippen molar-refractivity contribution in [3.05, 3.63) is 253 Å². The van der Waals surface area contributed by atoms with Gasteiger partial charge in [0, 0.05) is 54.2 Å². The number of hydrogen-bond acceptors (Lipinski definition) is 3. The molecule has 0 saturated carbocycles. The van der Waals surface area contributed by atoms with Gasteiger partial charge in [0.05, 0.1) is 11.1 Å². The number of nitrogens with zero attached hydrogens (tertiary/aromatic N) is 2. The third-order valence-corrected chi connectivity index (χ3v) is 14.4. The smallest absolute Gasteiger partial charge is 0.0727 e. The van der Waals surface area contributed by atoms with E-state index < -0.39 is 5.41 Å². The maximum atomic E-state index is 2.49. The lowest BCUT2D eigenvalue weighted by molar-refractivity contribution is 0.793. The lowest BCUT2D eigenvalue weighted by atomic mass is 9.70. The molecular weight excluding hydrogens is 769 g/mol. The summed E-state index contributed by atoms with van der Waals surface area (Å²) in [5.41, 5.74) is 16.6. The van der Waals surface area contributed by atoms with Gasteiger partial charge in [-0.25, -0.2) is 0 Å². The van der Waals surface area contributed by atoms with Crippen LogP contribution < -0.4 is 9.80 Å². The Labute approximate surface area is 364 Å². The van der Waals surface area contributed by atoms with Crippen molar-refractivity contribution in [1.82, 2.24) is 0 Å². The number of rotatable bonds is 6. The SMILES string of the molecule is c1ccc(N(c2ccc3c(c2)C2(c4ccccc4-3)c3ccccc3-c3c(N(c4ccccc4)c4ccc5sc6ccccc6c5c4)cccc32)c2ccc3ccccc3c2)cc1. The molecule has 0 N–H and O–H groups in total. The number of fused-ring (bicyclic) bond motifs is 14. The summed E-state index contributed by atoms with van der Waals surface area (Å²) in [4.78, 5) is 4.90. The van der Waals surface area contributed by atoms with Crippen molar-refractivity contribution in [2.24, 2.45) is 0 Å². The average molecular weight is 807 g/mol. The molecule has 13 rings (SSSR count). The molecule has 0 fully saturated rings. The fourth-order valence-electron chi connectivity index (χ4n) is 10.7. The van der Waals surface area contributed by atoms with Gasteiger partial charge in [0.2, 0.25) is 0 Å². The molecule has 10 aromatic carbocycles. The molecule has 1 spiro atoms. The maximum absolute atomic E-state index is 2.49. The highest BCUT2D eigenvalue weighted by Gasteiger charge is 2.52. The lowest BCUT2D eigenvalue weighted by Gasteiger charge is -2.33. The quantitative estimate of drug-likeness (QED) is 0.165. The Hall–Kier alpha value is -7.72. The Morgan fingerprint density at radius 2 is 0.871 bits per heavy atom. The second kappa shape index (κ2) is 13.7. The summed E-state index contributed by atoms with van der Waals surface area (Å²) >= 11 is 1.86. The number of hydrogen-bond donors (Lipinski definition) is 0. The molecule has 1 atom stereocenters. The zero-order valence-electron chi connectivity index (χ0n) is 33.7. The Kier molecular flexibility index (Phi) is 7.72. The molecular formula is C59H38N2S. The first kappa shape index (κ1) is 35.1. The molecule has 2 aliphatic rings. The van der Waals surface area contributed by atoms with Crippen LogP contribution in [0.4, 0.5) is 34.1 Å². The number of benzene rings is 10. The Bertz CT molecular complexity index is 3550. The molecule has 62 heavy (non-hydrogen) atoms. The minimum atomic E-state index is -0.550. The van der Waals surface area contributed by atoms with Crippen molar-refractivity contribution in [2.75, 3.05) is 9.80 Å². The average Bonchev–Trinajstić information content (AvgIpc) is 3.96. The summed E-state index contributed by atoms with van der Waals surface area (Å²) < 4.78 is 2.61. The molecule has 1 heterocycles. The highest BCUT2D eigenvalue weighted by atomic mass is 32.1. The van der Waals surface area contributed by atoms with Crippen molar-refractivity contribution in [3.8, 4) is 22.3 Å². The number of thiophene rings is 1. The van der Waals surface area contributed by atoms with Crippen molar-refractivity contribution >= 4 is 76.4 Å². The predicted octanol–water partition coefficient (Wildman–Crippen LogP) is 16.5. The zero-order valence-corrected chi connectivity index (χ0v) is 34.6. The van der Waals surface area contributed by atoms with Crippen LogP contribution in [0.25, 0.3) is 53.2 Å². The molecule has 0 amide bonds. The largest absolute Gasteiger partial charge is 0.310 e. The second-order valence-corrected chi connectivity index (χ2v) is 17.5. The standard InChI is InChI=1S/C59H38N2S/c1-3-18-41(19-4-1)60(43-31-30-39-16-7-8-17-40(39)36-43)45-32-34-47-46-22-9-12-25-51(46)59(54(47)38-45)52-26-13-10-24-49(52)58-53(59)27-15-28-55(58)61(42-20-5-2-6-21-42)44-33-35-57-50(37-44)48-23-11-14-29-56(48)62-57/h1-38H. The van der Waals surface area contributed by atoms with E-state index in [0.29, 0.717) is 0 Å². The van der Waals surface area contributed by atoms with Gasteiger partial charge in [-0.3, -0.25) is 0 Å². The van der Waals surface area contributed by atoms with Gasteiger partial charge in [0.25, 0.3) is 0 Å². The molecule has 1 aromatic heterocycles. The summed E-state index contributed by atoms with van der Waals surface area (Å²) in [6, 6.07) is 85.4. The van der Waals surface area contributed by atoms with E-state index in [2.05, 4.69) is 240 Å². The summed E-state index contributed by atoms with van der Waals surface area (Å²) in [5.74, 6) is 0. The second-order valence-electron chi connectivity index (χ2n) is 16.4. The van der Waals surface area contributed by atoms with Crippen molar-refractivity contribution in [3.63, 3.8) is 0 Å². The third-order valence-electron chi connectivity index (χ3n) is 13.2. The van der Waals surface area contributed by atoms with Gasteiger partial charge in [-0.05, 0) is 129 Å². The minimum Gasteiger partial charge on any atom is -0.310 e. The Morgan fingerprint density at radius 1 is 0.306 bits per heavy atom. The molecule has 1 unspecified atom stereocenters. The number of para-hydroxylation sites is 2. The lowest BCUT2D eigenvalue weighted by Crippen LogP contribution is -2.26. The van der Waals surface area contributed by atoms with Gasteiger partial charge in [-0.2, -0.15) is 0 Å². The topological polar surface area (TPSA) is 6.48 Å². The first-order valence-corrected chi connectivity index (χ1v) is 22.2. The highest BCUT2D eigenvalue weighted by Crippen LogP contribution is 2.65. The van der Waals surface area contributed by atoms with Crippen LogP contribution in [-0.2, 0) is 5.41 Å². The van der Waals surface area contributed by atoms with E-state index in [1.165, 1.54) is 81.1 Å². The van der Waals surface area contributed by atoms with Gasteiger partial charge in [0.15, 0.2) is 0 Å². The molecule has 0 radical (unpaired) electrons. The summed E-state index contributed by atoms with van der Waals surface area (Å²) in [7, 11) is 0. The molecule has 290 valence electrons. The van der Waals surface area contributed by atoms with E-state index in [0.717, 1.165) is 28.4 Å². The molecule has 0 aliphatic heterocycles. The molecule has 2 nitrogen and oxygen atoms in total. The van der Waals surface area contributed by atoms with Gasteiger partial charge >= 0.3 is 0 Å². The Morgan fingerprint density at radius 3 is 1.69 bits per heavy atom. The minimum absolute atomic E-state index is 0.550. The zero-order chi connectivity index (χ0) is 40.8. The fourth-order valence-corrected chi connectivity index (χ4v) is 11.8. The Balaban J connectivity index is 1.07. The van der Waals surface area contributed by atoms with E-state index in [1.807, 2.05) is 11.3 Å². The van der Waals surface area contributed by atoms with Crippen molar-refractivity contribution in [1.29, 1.82) is 0 Å². The van der Waals surface area contributed by atoms with Crippen molar-refractivity contribution < 1.29 is 0 Å². The van der Waals surface area contributed by atoms with Crippen LogP contribution >= 0.6 is 11.3 Å². The number of anilines is 6. The van der Waals surface area contributed by atoms with Gasteiger partial charge in [0.1, 0.15) is 0 Å². The molecule has 11 aromatic rings. The van der Waals surface area contributed by atoms with Gasteiger partial charge < -0.3 is 9.80 Å². The monoisotopic (exact) mass is 806 g/mol. The van der Waals surface area contributed by atoms with E-state index in [9.17, 15) is 0 Å². The highest BCUT2D eigenvalue weighted by molar-refractivity contribution is 7.25. The molecule has 0 bridgehead atoms. The molecule has 2 aliphatic carbocycles. The van der Waals surface area contributed by atoms with E-state index in [1.54, 1.807) is 0 Å². The first-order valence-electron chi connectivity index (χ1n) is 21.3. The van der Waals surface area contributed by atoms with Gasteiger partial charge in [-0.15, -0.1) is 11.3 Å². The fraction of sp³-hybridized carbons (Fsp3) is 0.0169. The summed E-state index contributed by atoms with van der Waals surface area (Å²) in [5, 5.41) is 5.04. The van der Waals surface area contributed by atoms with E-state index >= 15 is 0 Å². The first-order chi connectivity index (χ1) is 30.8.